The highest BCUT2D eigenvalue weighted by Crippen LogP contribution is 2.41. The van der Waals surface area contributed by atoms with E-state index in [1.165, 1.54) is 11.2 Å². The van der Waals surface area contributed by atoms with Gasteiger partial charge in [0.25, 0.3) is 11.7 Å². The molecule has 3 aromatic rings. The van der Waals surface area contributed by atoms with Gasteiger partial charge in [0, 0.05) is 5.56 Å². The highest BCUT2D eigenvalue weighted by molar-refractivity contribution is 6.46. The fourth-order valence-corrected chi connectivity index (χ4v) is 4.45. The summed E-state index contributed by atoms with van der Waals surface area (Å²) in [6, 6.07) is 16.9. The molecule has 1 N–H and O–H groups in total. The molecule has 1 atom stereocenters. The largest absolute Gasteiger partial charge is 0.507 e. The molecular weight excluding hydrogens is 482 g/mol. The van der Waals surface area contributed by atoms with E-state index in [2.05, 4.69) is 13.8 Å². The van der Waals surface area contributed by atoms with Crippen LogP contribution in [-0.4, -0.2) is 34.9 Å². The van der Waals surface area contributed by atoms with Crippen molar-refractivity contribution in [3.63, 3.8) is 0 Å². The normalized spacial score (nSPS) is 16.7. The molecule has 1 aliphatic rings. The van der Waals surface area contributed by atoms with Crippen LogP contribution in [0.2, 0.25) is 0 Å². The van der Waals surface area contributed by atoms with Crippen molar-refractivity contribution in [1.29, 1.82) is 0 Å². The highest BCUT2D eigenvalue weighted by atomic mass is 16.5. The van der Waals surface area contributed by atoms with Gasteiger partial charge in [-0.2, -0.15) is 0 Å². The molecule has 0 spiro atoms. The Morgan fingerprint density at radius 2 is 1.50 bits per heavy atom. The van der Waals surface area contributed by atoms with Crippen molar-refractivity contribution >= 4 is 17.4 Å². The van der Waals surface area contributed by atoms with Crippen molar-refractivity contribution in [2.45, 2.75) is 58.5 Å². The summed E-state index contributed by atoms with van der Waals surface area (Å²) in [4.78, 5) is 27.9. The second-order valence-corrected chi connectivity index (χ2v) is 9.36. The number of nitrogens with zero attached hydrogens (tertiary/aromatic N) is 1. The number of rotatable bonds is 13. The van der Waals surface area contributed by atoms with Gasteiger partial charge in [0.2, 0.25) is 0 Å². The number of aliphatic hydroxyl groups is 1. The molecule has 1 aliphatic heterocycles. The number of benzene rings is 2. The summed E-state index contributed by atoms with van der Waals surface area (Å²) in [6.07, 6.45) is 6.70. The number of ketones is 1. The summed E-state index contributed by atoms with van der Waals surface area (Å²) < 4.78 is 17.0. The third kappa shape index (κ3) is 6.28. The Bertz CT molecular complexity index is 1230. The maximum absolute atomic E-state index is 13.3. The van der Waals surface area contributed by atoms with Crippen LogP contribution in [0.1, 0.15) is 68.9 Å². The quantitative estimate of drug-likeness (QED) is 0.118. The van der Waals surface area contributed by atoms with E-state index < -0.39 is 17.7 Å². The number of likely N-dealkylation sites (tertiary alicyclic amines) is 1. The zero-order chi connectivity index (χ0) is 26.9. The first kappa shape index (κ1) is 27.0. The number of carbonyl (C=O) groups excluding carboxylic acids is 2. The van der Waals surface area contributed by atoms with Crippen LogP contribution in [0.25, 0.3) is 5.76 Å². The lowest BCUT2D eigenvalue weighted by molar-refractivity contribution is -0.140. The molecule has 0 bridgehead atoms. The maximum atomic E-state index is 13.3. The molecule has 1 fully saturated rings. The molecule has 0 aliphatic carbocycles. The summed E-state index contributed by atoms with van der Waals surface area (Å²) >= 11 is 0. The lowest BCUT2D eigenvalue weighted by Gasteiger charge is -2.24. The Hall–Kier alpha value is -4.00. The van der Waals surface area contributed by atoms with Gasteiger partial charge in [0.15, 0.2) is 0 Å². The summed E-state index contributed by atoms with van der Waals surface area (Å²) in [5, 5.41) is 11.3. The lowest BCUT2D eigenvalue weighted by atomic mass is 9.95. The molecule has 4 rings (SSSR count). The van der Waals surface area contributed by atoms with Crippen LogP contribution in [-0.2, 0) is 16.1 Å². The van der Waals surface area contributed by atoms with Gasteiger partial charge in [-0.3, -0.25) is 9.59 Å². The van der Waals surface area contributed by atoms with Crippen LogP contribution in [0.5, 0.6) is 11.5 Å². The number of aliphatic hydroxyl groups excluding tert-OH is 1. The minimum atomic E-state index is -0.783. The number of furan rings is 1. The number of amides is 1. The number of hydrogen-bond donors (Lipinski definition) is 1. The zero-order valence-corrected chi connectivity index (χ0v) is 22.0. The van der Waals surface area contributed by atoms with Crippen LogP contribution in [0, 0.1) is 0 Å². The van der Waals surface area contributed by atoms with Gasteiger partial charge < -0.3 is 23.9 Å². The van der Waals surface area contributed by atoms with E-state index in [9.17, 15) is 14.7 Å². The predicted octanol–water partition coefficient (Wildman–Crippen LogP) is 6.65. The smallest absolute Gasteiger partial charge is 0.296 e. The van der Waals surface area contributed by atoms with E-state index in [4.69, 9.17) is 13.9 Å². The Labute approximate surface area is 223 Å². The molecule has 2 heterocycles. The second kappa shape index (κ2) is 13.0. The molecule has 200 valence electrons. The molecule has 0 saturated carbocycles. The van der Waals surface area contributed by atoms with Crippen molar-refractivity contribution in [2.24, 2.45) is 0 Å². The van der Waals surface area contributed by atoms with E-state index in [-0.39, 0.29) is 17.9 Å². The van der Waals surface area contributed by atoms with Crippen molar-refractivity contribution in [3.8, 4) is 11.5 Å². The number of ether oxygens (including phenoxy) is 2. The van der Waals surface area contributed by atoms with Gasteiger partial charge in [-0.1, -0.05) is 45.2 Å². The fraction of sp³-hybridized carbons (Fsp3) is 0.355. The summed E-state index contributed by atoms with van der Waals surface area (Å²) in [5.41, 5.74) is 1.17. The van der Waals surface area contributed by atoms with E-state index >= 15 is 0 Å². The molecule has 0 radical (unpaired) electrons. The Balaban J connectivity index is 1.66. The van der Waals surface area contributed by atoms with E-state index in [1.807, 2.05) is 24.3 Å². The average Bonchev–Trinajstić information content (AvgIpc) is 3.54. The lowest BCUT2D eigenvalue weighted by Crippen LogP contribution is -2.29. The third-order valence-electron chi connectivity index (χ3n) is 6.55. The van der Waals surface area contributed by atoms with Gasteiger partial charge in [0.05, 0.1) is 37.6 Å². The van der Waals surface area contributed by atoms with Crippen LogP contribution in [0.3, 0.4) is 0 Å². The standard InChI is InChI=1S/C31H35NO6/c1-3-5-7-19-37-24-14-10-22(11-15-24)28-27(30(34)31(35)32(28)21-26-9-8-20-38-26)29(33)23-12-16-25(17-13-23)36-18-6-4-2/h8-17,20,28,33H,3-7,18-19,21H2,1-2H3/b29-27+. The molecule has 1 unspecified atom stereocenters. The van der Waals surface area contributed by atoms with Crippen LogP contribution in [0.15, 0.2) is 76.9 Å². The van der Waals surface area contributed by atoms with E-state index in [0.717, 1.165) is 32.1 Å². The fourth-order valence-electron chi connectivity index (χ4n) is 4.45. The van der Waals surface area contributed by atoms with Crippen molar-refractivity contribution < 1.29 is 28.6 Å². The average molecular weight is 518 g/mol. The first-order chi connectivity index (χ1) is 18.5. The molecule has 38 heavy (non-hydrogen) atoms. The summed E-state index contributed by atoms with van der Waals surface area (Å²) in [6.45, 7) is 5.57. The Morgan fingerprint density at radius 3 is 2.11 bits per heavy atom. The van der Waals surface area contributed by atoms with Gasteiger partial charge >= 0.3 is 0 Å². The molecule has 2 aromatic carbocycles. The minimum absolute atomic E-state index is 0.0396. The van der Waals surface area contributed by atoms with Gasteiger partial charge in [-0.05, 0) is 66.9 Å². The molecule has 1 saturated heterocycles. The third-order valence-corrected chi connectivity index (χ3v) is 6.55. The zero-order valence-electron chi connectivity index (χ0n) is 22.0. The van der Waals surface area contributed by atoms with Crippen LogP contribution in [0.4, 0.5) is 0 Å². The Kier molecular flexibility index (Phi) is 9.25. The van der Waals surface area contributed by atoms with Crippen LogP contribution < -0.4 is 9.47 Å². The molecule has 7 nitrogen and oxygen atoms in total. The maximum Gasteiger partial charge on any atom is 0.296 e. The van der Waals surface area contributed by atoms with Gasteiger partial charge in [0.1, 0.15) is 23.0 Å². The molecule has 1 aromatic heterocycles. The van der Waals surface area contributed by atoms with Gasteiger partial charge in [-0.25, -0.2) is 0 Å². The molecular formula is C31H35NO6. The van der Waals surface area contributed by atoms with Gasteiger partial charge in [-0.15, -0.1) is 0 Å². The Morgan fingerprint density at radius 1 is 0.868 bits per heavy atom. The highest BCUT2D eigenvalue weighted by Gasteiger charge is 2.46. The van der Waals surface area contributed by atoms with Crippen LogP contribution >= 0.6 is 0 Å². The molecule has 1 amide bonds. The minimum Gasteiger partial charge on any atom is -0.507 e. The van der Waals surface area contributed by atoms with Crippen molar-refractivity contribution in [2.75, 3.05) is 13.2 Å². The molecule has 7 heteroatoms. The SMILES string of the molecule is CCCCCOc1ccc(C2/C(=C(\O)c3ccc(OCCCC)cc3)C(=O)C(=O)N2Cc2ccco2)cc1. The number of Topliss-reactive ketones (excluding diaryl/α,β-unsaturated/α-hetero) is 1. The second-order valence-electron chi connectivity index (χ2n) is 9.36. The number of hydrogen-bond acceptors (Lipinski definition) is 6. The van der Waals surface area contributed by atoms with Crippen molar-refractivity contribution in [3.05, 3.63) is 89.4 Å². The van der Waals surface area contributed by atoms with E-state index in [0.29, 0.717) is 41.6 Å². The summed E-state index contributed by atoms with van der Waals surface area (Å²) in [5.74, 6) is 0.289. The first-order valence-electron chi connectivity index (χ1n) is 13.3. The monoisotopic (exact) mass is 517 g/mol. The summed E-state index contributed by atoms with van der Waals surface area (Å²) in [7, 11) is 0. The number of carbonyl (C=O) groups is 2. The number of unbranched alkanes of at least 4 members (excludes halogenated alkanes) is 3. The van der Waals surface area contributed by atoms with Crippen molar-refractivity contribution in [1.82, 2.24) is 4.90 Å². The first-order valence-corrected chi connectivity index (χ1v) is 13.3. The predicted molar refractivity (Wildman–Crippen MR) is 145 cm³/mol. The topological polar surface area (TPSA) is 89.2 Å². The van der Waals surface area contributed by atoms with E-state index in [1.54, 1.807) is 36.4 Å².